The van der Waals surface area contributed by atoms with Crippen LogP contribution in [-0.2, 0) is 23.2 Å². The minimum absolute atomic E-state index is 0.264. The summed E-state index contributed by atoms with van der Waals surface area (Å²) >= 11 is 0. The van der Waals surface area contributed by atoms with E-state index >= 15 is 0 Å². The monoisotopic (exact) mass is 378 g/mol. The summed E-state index contributed by atoms with van der Waals surface area (Å²) in [7, 11) is -0.201. The van der Waals surface area contributed by atoms with E-state index in [1.807, 2.05) is 17.7 Å². The van der Waals surface area contributed by atoms with Crippen LogP contribution in [0.15, 0.2) is 24.7 Å². The van der Waals surface area contributed by atoms with Crippen LogP contribution in [0.4, 0.5) is 0 Å². The summed E-state index contributed by atoms with van der Waals surface area (Å²) in [4.78, 5) is 9.07. The summed E-state index contributed by atoms with van der Waals surface area (Å²) < 4.78 is 29.4. The SMILES string of the molecule is CCn1nccc1-c1cnc(CC2CCCN(S(=O)(=O)N(C)C)C2)cn1. The Morgan fingerprint density at radius 1 is 1.27 bits per heavy atom. The number of piperidine rings is 1. The van der Waals surface area contributed by atoms with Crippen LogP contribution in [0.5, 0.6) is 0 Å². The van der Waals surface area contributed by atoms with Gasteiger partial charge in [-0.05, 0) is 38.2 Å². The number of rotatable bonds is 6. The van der Waals surface area contributed by atoms with E-state index in [1.54, 1.807) is 37.0 Å². The summed E-state index contributed by atoms with van der Waals surface area (Å²) in [6.45, 7) is 3.94. The zero-order valence-corrected chi connectivity index (χ0v) is 16.4. The molecular formula is C17H26N6O2S. The summed E-state index contributed by atoms with van der Waals surface area (Å²) in [5.41, 5.74) is 2.64. The van der Waals surface area contributed by atoms with E-state index in [1.165, 1.54) is 4.31 Å². The van der Waals surface area contributed by atoms with E-state index in [4.69, 9.17) is 0 Å². The standard InChI is InChI=1S/C17H26N6O2S/c1-4-23-17(7-8-20-23)16-12-18-15(11-19-16)10-14-6-5-9-22(13-14)26(24,25)21(2)3/h7-8,11-12,14H,4-6,9-10,13H2,1-3H3. The van der Waals surface area contributed by atoms with Gasteiger partial charge in [-0.15, -0.1) is 0 Å². The average molecular weight is 379 g/mol. The lowest BCUT2D eigenvalue weighted by Crippen LogP contribution is -2.45. The molecule has 1 atom stereocenters. The van der Waals surface area contributed by atoms with Crippen LogP contribution in [0.3, 0.4) is 0 Å². The minimum atomic E-state index is -3.35. The first-order valence-corrected chi connectivity index (χ1v) is 10.3. The van der Waals surface area contributed by atoms with Gasteiger partial charge in [0.2, 0.25) is 0 Å². The molecule has 1 fully saturated rings. The first kappa shape index (κ1) is 18.9. The number of aromatic nitrogens is 4. The Labute approximate surface area is 155 Å². The van der Waals surface area contributed by atoms with Crippen LogP contribution in [0, 0.1) is 5.92 Å². The molecule has 2 aromatic rings. The topological polar surface area (TPSA) is 84.2 Å². The third-order valence-corrected chi connectivity index (χ3v) is 6.66. The smallest absolute Gasteiger partial charge is 0.264 e. The zero-order valence-electron chi connectivity index (χ0n) is 15.5. The van der Waals surface area contributed by atoms with Crippen LogP contribution in [0.1, 0.15) is 25.5 Å². The zero-order chi connectivity index (χ0) is 18.7. The van der Waals surface area contributed by atoms with Crippen LogP contribution in [0.2, 0.25) is 0 Å². The fourth-order valence-corrected chi connectivity index (χ4v) is 4.55. The number of hydrogen-bond acceptors (Lipinski definition) is 5. The maximum atomic E-state index is 12.3. The first-order chi connectivity index (χ1) is 12.4. The highest BCUT2D eigenvalue weighted by molar-refractivity contribution is 7.86. The predicted octanol–water partition coefficient (Wildman–Crippen LogP) is 1.42. The highest BCUT2D eigenvalue weighted by atomic mass is 32.2. The molecule has 0 bridgehead atoms. The van der Waals surface area contributed by atoms with Crippen molar-refractivity contribution in [3.8, 4) is 11.4 Å². The van der Waals surface area contributed by atoms with Crippen LogP contribution in [0.25, 0.3) is 11.4 Å². The molecule has 1 aliphatic rings. The first-order valence-electron chi connectivity index (χ1n) is 8.92. The lowest BCUT2D eigenvalue weighted by molar-refractivity contribution is 0.253. The van der Waals surface area contributed by atoms with Crippen molar-refractivity contribution >= 4 is 10.2 Å². The quantitative estimate of drug-likeness (QED) is 0.759. The molecule has 3 heterocycles. The van der Waals surface area contributed by atoms with E-state index in [2.05, 4.69) is 15.1 Å². The second-order valence-electron chi connectivity index (χ2n) is 6.79. The molecule has 26 heavy (non-hydrogen) atoms. The van der Waals surface area contributed by atoms with Gasteiger partial charge in [-0.25, -0.2) is 0 Å². The van der Waals surface area contributed by atoms with Crippen molar-refractivity contribution in [2.75, 3.05) is 27.2 Å². The number of hydrogen-bond donors (Lipinski definition) is 0. The van der Waals surface area contributed by atoms with Gasteiger partial charge >= 0.3 is 0 Å². The molecule has 0 aromatic carbocycles. The maximum Gasteiger partial charge on any atom is 0.281 e. The van der Waals surface area contributed by atoms with Crippen molar-refractivity contribution in [1.82, 2.24) is 28.4 Å². The highest BCUT2D eigenvalue weighted by Crippen LogP contribution is 2.23. The lowest BCUT2D eigenvalue weighted by atomic mass is 9.95. The average Bonchev–Trinajstić information content (AvgIpc) is 3.11. The third-order valence-electron chi connectivity index (χ3n) is 4.75. The van der Waals surface area contributed by atoms with Gasteiger partial charge in [0.15, 0.2) is 0 Å². The Balaban J connectivity index is 1.67. The summed E-state index contributed by atoms with van der Waals surface area (Å²) in [6.07, 6.45) is 7.94. The Kier molecular flexibility index (Phi) is 5.69. The van der Waals surface area contributed by atoms with Gasteiger partial charge in [-0.2, -0.15) is 22.1 Å². The van der Waals surface area contributed by atoms with Gasteiger partial charge in [0, 0.05) is 46.1 Å². The van der Waals surface area contributed by atoms with Crippen LogP contribution in [-0.4, -0.2) is 64.0 Å². The molecule has 1 unspecified atom stereocenters. The Bertz CT molecular complexity index is 831. The summed E-state index contributed by atoms with van der Waals surface area (Å²) in [6, 6.07) is 1.93. The normalized spacial score (nSPS) is 19.2. The van der Waals surface area contributed by atoms with Crippen molar-refractivity contribution in [2.45, 2.75) is 32.7 Å². The molecule has 0 N–H and O–H groups in total. The van der Waals surface area contributed by atoms with Crippen molar-refractivity contribution in [3.63, 3.8) is 0 Å². The molecular weight excluding hydrogens is 352 g/mol. The van der Waals surface area contributed by atoms with Crippen LogP contribution >= 0.6 is 0 Å². The van der Waals surface area contributed by atoms with E-state index in [0.717, 1.165) is 42.9 Å². The van der Waals surface area contributed by atoms with E-state index in [-0.39, 0.29) is 5.92 Å². The Hall–Kier alpha value is -1.84. The molecule has 1 aliphatic heterocycles. The molecule has 3 rings (SSSR count). The number of nitrogens with zero attached hydrogens (tertiary/aromatic N) is 6. The predicted molar refractivity (Wildman–Crippen MR) is 99.5 cm³/mol. The molecule has 2 aromatic heterocycles. The molecule has 8 nitrogen and oxygen atoms in total. The minimum Gasteiger partial charge on any atom is -0.264 e. The van der Waals surface area contributed by atoms with E-state index < -0.39 is 10.2 Å². The van der Waals surface area contributed by atoms with Gasteiger partial charge in [0.05, 0.1) is 17.6 Å². The van der Waals surface area contributed by atoms with Crippen molar-refractivity contribution in [1.29, 1.82) is 0 Å². The third kappa shape index (κ3) is 3.94. The summed E-state index contributed by atoms with van der Waals surface area (Å²) in [5, 5.41) is 4.26. The van der Waals surface area contributed by atoms with Crippen LogP contribution < -0.4 is 0 Å². The van der Waals surface area contributed by atoms with Crippen molar-refractivity contribution < 1.29 is 8.42 Å². The van der Waals surface area contributed by atoms with E-state index in [0.29, 0.717) is 13.1 Å². The second-order valence-corrected chi connectivity index (χ2v) is 8.93. The molecule has 0 radical (unpaired) electrons. The van der Waals surface area contributed by atoms with Gasteiger partial charge in [0.25, 0.3) is 10.2 Å². The molecule has 0 aliphatic carbocycles. The van der Waals surface area contributed by atoms with Gasteiger partial charge in [0.1, 0.15) is 5.69 Å². The number of aryl methyl sites for hydroxylation is 1. The molecule has 0 amide bonds. The maximum absolute atomic E-state index is 12.3. The van der Waals surface area contributed by atoms with Gasteiger partial charge in [-0.3, -0.25) is 14.6 Å². The lowest BCUT2D eigenvalue weighted by Gasteiger charge is -2.33. The molecule has 1 saturated heterocycles. The van der Waals surface area contributed by atoms with Gasteiger partial charge < -0.3 is 0 Å². The molecule has 142 valence electrons. The van der Waals surface area contributed by atoms with Crippen molar-refractivity contribution in [2.24, 2.45) is 5.92 Å². The Morgan fingerprint density at radius 2 is 2.08 bits per heavy atom. The van der Waals surface area contributed by atoms with E-state index in [9.17, 15) is 8.42 Å². The molecule has 9 heteroatoms. The fraction of sp³-hybridized carbons (Fsp3) is 0.588. The molecule has 0 spiro atoms. The largest absolute Gasteiger partial charge is 0.281 e. The van der Waals surface area contributed by atoms with Crippen molar-refractivity contribution in [3.05, 3.63) is 30.4 Å². The highest BCUT2D eigenvalue weighted by Gasteiger charge is 2.30. The Morgan fingerprint density at radius 3 is 2.73 bits per heavy atom. The second kappa shape index (κ2) is 7.81. The molecule has 0 saturated carbocycles. The van der Waals surface area contributed by atoms with Gasteiger partial charge in [-0.1, -0.05) is 0 Å². The fourth-order valence-electron chi connectivity index (χ4n) is 3.32. The summed E-state index contributed by atoms with van der Waals surface area (Å²) in [5.74, 6) is 0.264.